The third-order valence-electron chi connectivity index (χ3n) is 3.53. The van der Waals surface area contributed by atoms with Gasteiger partial charge in [0.1, 0.15) is 17.5 Å². The van der Waals surface area contributed by atoms with Gasteiger partial charge in [-0.3, -0.25) is 0 Å². The number of para-hydroxylation sites is 1. The van der Waals surface area contributed by atoms with E-state index in [9.17, 15) is 0 Å². The first-order valence-corrected chi connectivity index (χ1v) is 8.03. The number of nitrogens with one attached hydrogen (secondary N) is 2. The number of anilines is 3. The number of rotatable bonds is 6. The molecular formula is C18H26N4. The van der Waals surface area contributed by atoms with Gasteiger partial charge in [-0.25, -0.2) is 9.97 Å². The van der Waals surface area contributed by atoms with Gasteiger partial charge in [-0.2, -0.15) is 0 Å². The summed E-state index contributed by atoms with van der Waals surface area (Å²) in [7, 11) is 0. The van der Waals surface area contributed by atoms with E-state index in [1.54, 1.807) is 0 Å². The van der Waals surface area contributed by atoms with Crippen molar-refractivity contribution >= 4 is 17.3 Å². The molecule has 1 heterocycles. The maximum absolute atomic E-state index is 4.53. The molecule has 0 fully saturated rings. The second kappa shape index (κ2) is 7.25. The van der Waals surface area contributed by atoms with E-state index >= 15 is 0 Å². The summed E-state index contributed by atoms with van der Waals surface area (Å²) in [6.45, 7) is 10.5. The Morgan fingerprint density at radius 1 is 1.00 bits per heavy atom. The predicted molar refractivity (Wildman–Crippen MR) is 94.0 cm³/mol. The van der Waals surface area contributed by atoms with Crippen molar-refractivity contribution in [3.63, 3.8) is 0 Å². The standard InChI is InChI=1S/C18H26N4/c1-6-14-9-8-10-15(7-2)18(14)22-17-11-16(19-12(3)4)20-13(5)21-17/h8-12H,6-7H2,1-5H3,(H2,19,20,21,22). The first-order valence-electron chi connectivity index (χ1n) is 8.03. The van der Waals surface area contributed by atoms with Crippen molar-refractivity contribution in [3.05, 3.63) is 41.2 Å². The van der Waals surface area contributed by atoms with Gasteiger partial charge in [0, 0.05) is 17.8 Å². The summed E-state index contributed by atoms with van der Waals surface area (Å²) in [6.07, 6.45) is 1.99. The molecule has 0 amide bonds. The Morgan fingerprint density at radius 2 is 1.59 bits per heavy atom. The Balaban J connectivity index is 2.36. The molecule has 22 heavy (non-hydrogen) atoms. The molecule has 0 saturated carbocycles. The van der Waals surface area contributed by atoms with Gasteiger partial charge in [0.2, 0.25) is 0 Å². The summed E-state index contributed by atoms with van der Waals surface area (Å²) in [5, 5.41) is 6.84. The highest BCUT2D eigenvalue weighted by Gasteiger charge is 2.09. The largest absolute Gasteiger partial charge is 0.368 e. The SMILES string of the molecule is CCc1cccc(CC)c1Nc1cc(NC(C)C)nc(C)n1. The lowest BCUT2D eigenvalue weighted by Crippen LogP contribution is -2.12. The minimum atomic E-state index is 0.344. The summed E-state index contributed by atoms with van der Waals surface area (Å²) in [6, 6.07) is 8.78. The van der Waals surface area contributed by atoms with Crippen molar-refractivity contribution in [2.45, 2.75) is 53.5 Å². The van der Waals surface area contributed by atoms with Gasteiger partial charge >= 0.3 is 0 Å². The van der Waals surface area contributed by atoms with Crippen LogP contribution in [-0.4, -0.2) is 16.0 Å². The topological polar surface area (TPSA) is 49.8 Å². The molecule has 4 nitrogen and oxygen atoms in total. The van der Waals surface area contributed by atoms with Gasteiger partial charge in [0.15, 0.2) is 0 Å². The van der Waals surface area contributed by atoms with Gasteiger partial charge in [-0.1, -0.05) is 32.0 Å². The van der Waals surface area contributed by atoms with E-state index in [1.807, 2.05) is 13.0 Å². The number of hydrogen-bond donors (Lipinski definition) is 2. The third kappa shape index (κ3) is 3.97. The highest BCUT2D eigenvalue weighted by atomic mass is 15.1. The number of aryl methyl sites for hydroxylation is 3. The van der Waals surface area contributed by atoms with E-state index in [0.29, 0.717) is 6.04 Å². The number of aromatic nitrogens is 2. The van der Waals surface area contributed by atoms with Gasteiger partial charge in [-0.15, -0.1) is 0 Å². The van der Waals surface area contributed by atoms with Crippen molar-refractivity contribution in [1.82, 2.24) is 9.97 Å². The summed E-state index contributed by atoms with van der Waals surface area (Å²) in [5.41, 5.74) is 3.81. The van der Waals surface area contributed by atoms with Crippen LogP contribution in [0.1, 0.15) is 44.6 Å². The molecule has 0 radical (unpaired) electrons. The summed E-state index contributed by atoms with van der Waals surface area (Å²) < 4.78 is 0. The minimum Gasteiger partial charge on any atom is -0.368 e. The fourth-order valence-electron chi connectivity index (χ4n) is 2.53. The van der Waals surface area contributed by atoms with Crippen LogP contribution in [0.25, 0.3) is 0 Å². The van der Waals surface area contributed by atoms with Crippen molar-refractivity contribution in [1.29, 1.82) is 0 Å². The van der Waals surface area contributed by atoms with E-state index in [1.165, 1.54) is 16.8 Å². The number of benzene rings is 1. The predicted octanol–water partition coefficient (Wildman–Crippen LogP) is 4.47. The third-order valence-corrected chi connectivity index (χ3v) is 3.53. The molecular weight excluding hydrogens is 272 g/mol. The molecule has 2 rings (SSSR count). The van der Waals surface area contributed by atoms with Crippen LogP contribution in [0.3, 0.4) is 0 Å². The zero-order valence-electron chi connectivity index (χ0n) is 14.2. The molecule has 0 atom stereocenters. The van der Waals surface area contributed by atoms with Crippen LogP contribution in [0, 0.1) is 6.92 Å². The van der Waals surface area contributed by atoms with Crippen LogP contribution in [0.2, 0.25) is 0 Å². The van der Waals surface area contributed by atoms with Gasteiger partial charge < -0.3 is 10.6 Å². The fraction of sp³-hybridized carbons (Fsp3) is 0.444. The van der Waals surface area contributed by atoms with Crippen LogP contribution in [0.4, 0.5) is 17.3 Å². The van der Waals surface area contributed by atoms with Crippen LogP contribution >= 0.6 is 0 Å². The lowest BCUT2D eigenvalue weighted by molar-refractivity contribution is 0.881. The fourth-order valence-corrected chi connectivity index (χ4v) is 2.53. The molecule has 0 aliphatic carbocycles. The first-order chi connectivity index (χ1) is 10.5. The van der Waals surface area contributed by atoms with Crippen LogP contribution < -0.4 is 10.6 Å². The van der Waals surface area contributed by atoms with Gasteiger partial charge in [0.25, 0.3) is 0 Å². The molecule has 0 saturated heterocycles. The normalized spacial score (nSPS) is 10.8. The second-order valence-corrected chi connectivity index (χ2v) is 5.77. The Morgan fingerprint density at radius 3 is 2.14 bits per heavy atom. The van der Waals surface area contributed by atoms with Crippen LogP contribution in [0.15, 0.2) is 24.3 Å². The monoisotopic (exact) mass is 298 g/mol. The van der Waals surface area contributed by atoms with Crippen LogP contribution in [-0.2, 0) is 12.8 Å². The highest BCUT2D eigenvalue weighted by Crippen LogP contribution is 2.26. The van der Waals surface area contributed by atoms with Crippen molar-refractivity contribution in [3.8, 4) is 0 Å². The zero-order chi connectivity index (χ0) is 16.1. The quantitative estimate of drug-likeness (QED) is 0.826. The van der Waals surface area contributed by atoms with E-state index in [4.69, 9.17) is 0 Å². The molecule has 0 spiro atoms. The lowest BCUT2D eigenvalue weighted by Gasteiger charge is -2.16. The molecule has 1 aromatic heterocycles. The molecule has 0 aliphatic rings. The summed E-state index contributed by atoms with van der Waals surface area (Å²) in [4.78, 5) is 8.96. The average Bonchev–Trinajstić information content (AvgIpc) is 2.46. The van der Waals surface area contributed by atoms with E-state index in [0.717, 1.165) is 30.3 Å². The number of nitrogens with zero attached hydrogens (tertiary/aromatic N) is 2. The second-order valence-electron chi connectivity index (χ2n) is 5.77. The molecule has 1 aromatic carbocycles. The van der Waals surface area contributed by atoms with Crippen LogP contribution in [0.5, 0.6) is 0 Å². The Bertz CT molecular complexity index is 613. The van der Waals surface area contributed by atoms with E-state index in [2.05, 4.69) is 66.5 Å². The van der Waals surface area contributed by atoms with Crippen molar-refractivity contribution in [2.75, 3.05) is 10.6 Å². The Kier molecular flexibility index (Phi) is 5.36. The summed E-state index contributed by atoms with van der Waals surface area (Å²) >= 11 is 0. The molecule has 4 heteroatoms. The zero-order valence-corrected chi connectivity index (χ0v) is 14.2. The molecule has 0 bridgehead atoms. The molecule has 2 N–H and O–H groups in total. The smallest absolute Gasteiger partial charge is 0.136 e. The first kappa shape index (κ1) is 16.3. The maximum Gasteiger partial charge on any atom is 0.136 e. The summed E-state index contributed by atoms with van der Waals surface area (Å²) in [5.74, 6) is 2.46. The maximum atomic E-state index is 4.53. The average molecular weight is 298 g/mol. The Labute approximate surface area is 133 Å². The minimum absolute atomic E-state index is 0.344. The van der Waals surface area contributed by atoms with Gasteiger partial charge in [-0.05, 0) is 44.7 Å². The van der Waals surface area contributed by atoms with Gasteiger partial charge in [0.05, 0.1) is 0 Å². The molecule has 118 valence electrons. The number of hydrogen-bond acceptors (Lipinski definition) is 4. The van der Waals surface area contributed by atoms with E-state index < -0.39 is 0 Å². The van der Waals surface area contributed by atoms with Crippen molar-refractivity contribution in [2.24, 2.45) is 0 Å². The van der Waals surface area contributed by atoms with E-state index in [-0.39, 0.29) is 0 Å². The van der Waals surface area contributed by atoms with Crippen molar-refractivity contribution < 1.29 is 0 Å². The highest BCUT2D eigenvalue weighted by molar-refractivity contribution is 5.66. The lowest BCUT2D eigenvalue weighted by atomic mass is 10.0. The molecule has 2 aromatic rings. The molecule has 0 aliphatic heterocycles. The Hall–Kier alpha value is -2.10. The molecule has 0 unspecified atom stereocenters.